The van der Waals surface area contributed by atoms with Crippen molar-refractivity contribution < 1.29 is 0 Å². The quantitative estimate of drug-likeness (QED) is 0.605. The molecule has 0 aliphatic carbocycles. The average molecular weight is 198 g/mol. The third-order valence-corrected chi connectivity index (χ3v) is 2.67. The second-order valence-electron chi connectivity index (χ2n) is 4.29. The van der Waals surface area contributed by atoms with Gasteiger partial charge in [-0.1, -0.05) is 26.8 Å². The minimum Gasteiger partial charge on any atom is -0.330 e. The van der Waals surface area contributed by atoms with Crippen molar-refractivity contribution in [2.24, 2.45) is 17.6 Å². The zero-order chi connectivity index (χ0) is 11.0. The summed E-state index contributed by atoms with van der Waals surface area (Å²) in [5.74, 6) is 1.28. The Morgan fingerprint density at radius 1 is 1.43 bits per heavy atom. The van der Waals surface area contributed by atoms with E-state index in [1.807, 2.05) is 6.08 Å². The van der Waals surface area contributed by atoms with Gasteiger partial charge in [0, 0.05) is 13.1 Å². The topological polar surface area (TPSA) is 29.3 Å². The minimum absolute atomic E-state index is 0.612. The maximum Gasteiger partial charge on any atom is 0.0160 e. The van der Waals surface area contributed by atoms with Gasteiger partial charge >= 0.3 is 0 Å². The summed E-state index contributed by atoms with van der Waals surface area (Å²) in [7, 11) is 0. The number of rotatable bonds is 8. The van der Waals surface area contributed by atoms with Crippen LogP contribution in [0.4, 0.5) is 0 Å². The maximum atomic E-state index is 5.76. The van der Waals surface area contributed by atoms with Gasteiger partial charge in [-0.05, 0) is 31.3 Å². The van der Waals surface area contributed by atoms with E-state index in [0.717, 1.165) is 26.2 Å². The van der Waals surface area contributed by atoms with Gasteiger partial charge in [0.15, 0.2) is 0 Å². The third-order valence-electron chi connectivity index (χ3n) is 2.67. The summed E-state index contributed by atoms with van der Waals surface area (Å²) in [4.78, 5) is 2.44. The number of nitrogens with zero attached hydrogens (tertiary/aromatic N) is 1. The van der Waals surface area contributed by atoms with E-state index in [1.165, 1.54) is 6.42 Å². The van der Waals surface area contributed by atoms with Crippen molar-refractivity contribution in [2.75, 3.05) is 26.2 Å². The third kappa shape index (κ3) is 5.40. The van der Waals surface area contributed by atoms with Gasteiger partial charge in [0.25, 0.3) is 0 Å². The largest absolute Gasteiger partial charge is 0.330 e. The highest BCUT2D eigenvalue weighted by atomic mass is 15.1. The fourth-order valence-electron chi connectivity index (χ4n) is 1.65. The number of hydrogen-bond donors (Lipinski definition) is 1. The molecule has 0 spiro atoms. The predicted molar refractivity (Wildman–Crippen MR) is 64.3 cm³/mol. The Labute approximate surface area is 89.2 Å². The van der Waals surface area contributed by atoms with Crippen LogP contribution in [0.15, 0.2) is 12.7 Å². The van der Waals surface area contributed by atoms with Gasteiger partial charge in [0.1, 0.15) is 0 Å². The molecule has 0 saturated carbocycles. The summed E-state index contributed by atoms with van der Waals surface area (Å²) in [6.07, 6.45) is 3.17. The van der Waals surface area contributed by atoms with Crippen LogP contribution in [0.3, 0.4) is 0 Å². The Kier molecular flexibility index (Phi) is 7.81. The molecule has 0 heterocycles. The fourth-order valence-corrected chi connectivity index (χ4v) is 1.65. The highest BCUT2D eigenvalue weighted by Gasteiger charge is 2.14. The van der Waals surface area contributed by atoms with Gasteiger partial charge in [-0.25, -0.2) is 0 Å². The van der Waals surface area contributed by atoms with Gasteiger partial charge in [0.2, 0.25) is 0 Å². The Morgan fingerprint density at radius 3 is 2.43 bits per heavy atom. The van der Waals surface area contributed by atoms with Crippen LogP contribution in [-0.4, -0.2) is 31.1 Å². The van der Waals surface area contributed by atoms with E-state index in [2.05, 4.69) is 32.3 Å². The summed E-state index contributed by atoms with van der Waals surface area (Å²) in [6.45, 7) is 14.5. The van der Waals surface area contributed by atoms with Crippen LogP contribution in [0.2, 0.25) is 0 Å². The molecular formula is C12H26N2. The second kappa shape index (κ2) is 8.01. The molecule has 0 saturated heterocycles. The predicted octanol–water partition coefficient (Wildman–Crippen LogP) is 2.12. The van der Waals surface area contributed by atoms with Gasteiger partial charge in [-0.3, -0.25) is 4.90 Å². The van der Waals surface area contributed by atoms with Crippen LogP contribution < -0.4 is 5.73 Å². The van der Waals surface area contributed by atoms with Crippen LogP contribution >= 0.6 is 0 Å². The van der Waals surface area contributed by atoms with Gasteiger partial charge in [0.05, 0.1) is 0 Å². The second-order valence-corrected chi connectivity index (χ2v) is 4.29. The lowest BCUT2D eigenvalue weighted by Crippen LogP contribution is -2.36. The molecule has 0 aliphatic heterocycles. The maximum absolute atomic E-state index is 5.76. The van der Waals surface area contributed by atoms with Crippen molar-refractivity contribution in [3.63, 3.8) is 0 Å². The highest BCUT2D eigenvalue weighted by Crippen LogP contribution is 2.11. The van der Waals surface area contributed by atoms with Crippen LogP contribution in [0.5, 0.6) is 0 Å². The summed E-state index contributed by atoms with van der Waals surface area (Å²) < 4.78 is 0. The molecule has 2 nitrogen and oxygen atoms in total. The summed E-state index contributed by atoms with van der Waals surface area (Å²) in [5, 5.41) is 0. The van der Waals surface area contributed by atoms with Crippen LogP contribution in [0.25, 0.3) is 0 Å². The SMILES string of the molecule is C=CCN(CCC)CC(CN)C(C)C. The standard InChI is InChI=1S/C12H26N2/c1-5-7-14(8-6-2)10-12(9-13)11(3)4/h5,11-12H,1,6-10,13H2,2-4H3. The lowest BCUT2D eigenvalue weighted by atomic mass is 9.95. The van der Waals surface area contributed by atoms with Gasteiger partial charge in [-0.15, -0.1) is 6.58 Å². The molecule has 0 rings (SSSR count). The fraction of sp³-hybridized carbons (Fsp3) is 0.833. The molecule has 1 atom stereocenters. The molecule has 84 valence electrons. The monoisotopic (exact) mass is 198 g/mol. The molecule has 0 radical (unpaired) electrons. The van der Waals surface area contributed by atoms with Crippen molar-refractivity contribution in [1.29, 1.82) is 0 Å². The molecular weight excluding hydrogens is 172 g/mol. The van der Waals surface area contributed by atoms with E-state index in [4.69, 9.17) is 5.73 Å². The van der Waals surface area contributed by atoms with E-state index < -0.39 is 0 Å². The van der Waals surface area contributed by atoms with Crippen LogP contribution in [0, 0.1) is 11.8 Å². The first-order chi connectivity index (χ1) is 6.65. The van der Waals surface area contributed by atoms with E-state index in [9.17, 15) is 0 Å². The number of hydrogen-bond acceptors (Lipinski definition) is 2. The molecule has 0 aromatic heterocycles. The molecule has 0 aliphatic rings. The van der Waals surface area contributed by atoms with Crippen LogP contribution in [-0.2, 0) is 0 Å². The lowest BCUT2D eigenvalue weighted by Gasteiger charge is -2.27. The Hall–Kier alpha value is -0.340. The van der Waals surface area contributed by atoms with Crippen molar-refractivity contribution in [3.05, 3.63) is 12.7 Å². The average Bonchev–Trinajstić information content (AvgIpc) is 2.14. The first kappa shape index (κ1) is 13.7. The van der Waals surface area contributed by atoms with Gasteiger partial charge in [-0.2, -0.15) is 0 Å². The first-order valence-electron chi connectivity index (χ1n) is 5.69. The van der Waals surface area contributed by atoms with Crippen molar-refractivity contribution >= 4 is 0 Å². The Morgan fingerprint density at radius 2 is 2.07 bits per heavy atom. The Balaban J connectivity index is 4.03. The van der Waals surface area contributed by atoms with E-state index in [0.29, 0.717) is 11.8 Å². The highest BCUT2D eigenvalue weighted by molar-refractivity contribution is 4.76. The Bertz CT molecular complexity index is 143. The van der Waals surface area contributed by atoms with Crippen LogP contribution in [0.1, 0.15) is 27.2 Å². The molecule has 2 heteroatoms. The minimum atomic E-state index is 0.612. The molecule has 0 bridgehead atoms. The smallest absolute Gasteiger partial charge is 0.0160 e. The summed E-state index contributed by atoms with van der Waals surface area (Å²) in [5.41, 5.74) is 5.76. The first-order valence-corrected chi connectivity index (χ1v) is 5.69. The van der Waals surface area contributed by atoms with E-state index >= 15 is 0 Å². The molecule has 0 amide bonds. The molecule has 14 heavy (non-hydrogen) atoms. The van der Waals surface area contributed by atoms with Crippen molar-refractivity contribution in [2.45, 2.75) is 27.2 Å². The zero-order valence-corrected chi connectivity index (χ0v) is 10.00. The van der Waals surface area contributed by atoms with Crippen molar-refractivity contribution in [1.82, 2.24) is 4.90 Å². The normalized spacial score (nSPS) is 13.6. The summed E-state index contributed by atoms with van der Waals surface area (Å²) in [6, 6.07) is 0. The van der Waals surface area contributed by atoms with Crippen molar-refractivity contribution in [3.8, 4) is 0 Å². The molecule has 1 unspecified atom stereocenters. The van der Waals surface area contributed by atoms with E-state index in [1.54, 1.807) is 0 Å². The van der Waals surface area contributed by atoms with E-state index in [-0.39, 0.29) is 0 Å². The molecule has 0 fully saturated rings. The zero-order valence-electron chi connectivity index (χ0n) is 10.00. The summed E-state index contributed by atoms with van der Waals surface area (Å²) >= 11 is 0. The molecule has 0 aromatic carbocycles. The van der Waals surface area contributed by atoms with Gasteiger partial charge < -0.3 is 5.73 Å². The molecule has 2 N–H and O–H groups in total. The number of nitrogens with two attached hydrogens (primary N) is 1. The lowest BCUT2D eigenvalue weighted by molar-refractivity contribution is 0.222. The molecule has 0 aromatic rings.